The number of benzene rings is 1. The van der Waals surface area contributed by atoms with Crippen LogP contribution in [0.1, 0.15) is 25.0 Å². The fourth-order valence-electron chi connectivity index (χ4n) is 4.21. The summed E-state index contributed by atoms with van der Waals surface area (Å²) in [6.07, 6.45) is 13.2. The van der Waals surface area contributed by atoms with E-state index >= 15 is 0 Å². The summed E-state index contributed by atoms with van der Waals surface area (Å²) in [6.45, 7) is 0. The summed E-state index contributed by atoms with van der Waals surface area (Å²) in [7, 11) is 0. The van der Waals surface area contributed by atoms with Gasteiger partial charge in [-0.1, -0.05) is 36.4 Å². The molecule has 1 aromatic heterocycles. The van der Waals surface area contributed by atoms with Gasteiger partial charge in [0, 0.05) is 17.7 Å². The summed E-state index contributed by atoms with van der Waals surface area (Å²) in [6, 6.07) is 10.4. The van der Waals surface area contributed by atoms with Crippen molar-refractivity contribution in [3.05, 3.63) is 72.3 Å². The van der Waals surface area contributed by atoms with Crippen molar-refractivity contribution in [2.24, 2.45) is 17.8 Å². The molecule has 2 nitrogen and oxygen atoms in total. The summed E-state index contributed by atoms with van der Waals surface area (Å²) in [5.41, 5.74) is 2.59. The highest BCUT2D eigenvalue weighted by Crippen LogP contribution is 2.44. The average Bonchev–Trinajstić information content (AvgIpc) is 2.95. The van der Waals surface area contributed by atoms with Gasteiger partial charge in [-0.15, -0.1) is 0 Å². The first kappa shape index (κ1) is 16.2. The van der Waals surface area contributed by atoms with Crippen molar-refractivity contribution in [3.8, 4) is 11.1 Å². The van der Waals surface area contributed by atoms with Gasteiger partial charge in [-0.05, 0) is 60.9 Å². The lowest BCUT2D eigenvalue weighted by Gasteiger charge is -2.24. The minimum atomic E-state index is -0.252. The fourth-order valence-corrected chi connectivity index (χ4v) is 4.21. The molecule has 0 spiro atoms. The molecular weight excluding hydrogens is 313 g/mol. The molecule has 1 saturated carbocycles. The van der Waals surface area contributed by atoms with Crippen LogP contribution in [0.15, 0.2) is 60.8 Å². The Bertz CT molecular complexity index is 796. The number of aliphatic hydroxyl groups is 1. The van der Waals surface area contributed by atoms with Crippen LogP contribution in [-0.4, -0.2) is 16.2 Å². The van der Waals surface area contributed by atoms with Crippen molar-refractivity contribution in [3.63, 3.8) is 0 Å². The number of nitrogens with zero attached hydrogens (tertiary/aromatic N) is 1. The molecule has 0 unspecified atom stereocenters. The smallest absolute Gasteiger partial charge is 0.123 e. The average molecular weight is 335 g/mol. The third-order valence-corrected chi connectivity index (χ3v) is 5.54. The van der Waals surface area contributed by atoms with Crippen molar-refractivity contribution in [1.29, 1.82) is 0 Å². The van der Waals surface area contributed by atoms with E-state index < -0.39 is 0 Å². The molecule has 0 amide bonds. The Morgan fingerprint density at radius 3 is 2.76 bits per heavy atom. The number of hydrogen-bond acceptors (Lipinski definition) is 2. The Hall–Kier alpha value is -2.26. The number of aliphatic hydroxyl groups excluding tert-OH is 1. The monoisotopic (exact) mass is 335 g/mol. The third kappa shape index (κ3) is 3.42. The molecule has 1 heterocycles. The quantitative estimate of drug-likeness (QED) is 0.812. The zero-order valence-corrected chi connectivity index (χ0v) is 14.1. The Balaban J connectivity index is 1.49. The number of allylic oxidation sites excluding steroid dienone is 2. The molecule has 2 aromatic rings. The number of fused-ring (bicyclic) bond motifs is 1. The van der Waals surface area contributed by atoms with Crippen molar-refractivity contribution in [1.82, 2.24) is 4.98 Å². The van der Waals surface area contributed by atoms with E-state index in [0.29, 0.717) is 11.8 Å². The topological polar surface area (TPSA) is 33.1 Å². The highest BCUT2D eigenvalue weighted by atomic mass is 19.1. The van der Waals surface area contributed by atoms with Gasteiger partial charge in [0.1, 0.15) is 5.82 Å². The van der Waals surface area contributed by atoms with Gasteiger partial charge < -0.3 is 5.11 Å². The van der Waals surface area contributed by atoms with Gasteiger partial charge in [0.25, 0.3) is 0 Å². The summed E-state index contributed by atoms with van der Waals surface area (Å²) in [5.74, 6) is 1.12. The molecule has 2 aliphatic carbocycles. The van der Waals surface area contributed by atoms with Crippen LogP contribution in [0.4, 0.5) is 4.39 Å². The van der Waals surface area contributed by atoms with Crippen LogP contribution in [-0.2, 0) is 0 Å². The van der Waals surface area contributed by atoms with Crippen LogP contribution < -0.4 is 0 Å². The second-order valence-electron chi connectivity index (χ2n) is 7.09. The van der Waals surface area contributed by atoms with Crippen LogP contribution in [0, 0.1) is 23.6 Å². The standard InChI is InChI=1S/C22H22FNO/c23-18-6-3-5-15(12-18)17-8-9-19(24-14-17)10-11-21-20-7-2-1-4-16(20)13-22(21)25/h1-3,5-6,8-12,14,16,20-22,25H,4,7,13H2/b11-10+/t16-,20-,21+,22+/m1/s1. The molecule has 25 heavy (non-hydrogen) atoms. The van der Waals surface area contributed by atoms with Crippen molar-refractivity contribution in [2.45, 2.75) is 25.4 Å². The number of halogens is 1. The van der Waals surface area contributed by atoms with Crippen molar-refractivity contribution in [2.75, 3.05) is 0 Å². The maximum atomic E-state index is 13.3. The van der Waals surface area contributed by atoms with E-state index in [0.717, 1.165) is 36.1 Å². The molecule has 3 heteroatoms. The zero-order chi connectivity index (χ0) is 17.2. The highest BCUT2D eigenvalue weighted by Gasteiger charge is 2.40. The molecule has 0 bridgehead atoms. The Morgan fingerprint density at radius 2 is 1.96 bits per heavy atom. The highest BCUT2D eigenvalue weighted by molar-refractivity contribution is 5.63. The molecule has 0 radical (unpaired) electrons. The lowest BCUT2D eigenvalue weighted by Crippen LogP contribution is -2.19. The molecule has 1 aromatic carbocycles. The molecule has 4 atom stereocenters. The van der Waals surface area contributed by atoms with E-state index in [9.17, 15) is 9.50 Å². The predicted octanol–water partition coefficient (Wildman–Crippen LogP) is 4.86. The lowest BCUT2D eigenvalue weighted by molar-refractivity contribution is 0.142. The predicted molar refractivity (Wildman–Crippen MR) is 98.1 cm³/mol. The summed E-state index contributed by atoms with van der Waals surface area (Å²) >= 11 is 0. The van der Waals surface area contributed by atoms with E-state index in [1.807, 2.05) is 24.3 Å². The normalized spacial score (nSPS) is 28.4. The first-order chi connectivity index (χ1) is 12.2. The molecule has 0 aliphatic heterocycles. The van der Waals surface area contributed by atoms with Crippen LogP contribution in [0.3, 0.4) is 0 Å². The maximum absolute atomic E-state index is 13.3. The van der Waals surface area contributed by atoms with Gasteiger partial charge in [0.05, 0.1) is 11.8 Å². The maximum Gasteiger partial charge on any atom is 0.123 e. The molecule has 1 fully saturated rings. The molecule has 0 saturated heterocycles. The minimum Gasteiger partial charge on any atom is -0.392 e. The van der Waals surface area contributed by atoms with E-state index in [-0.39, 0.29) is 17.8 Å². The van der Waals surface area contributed by atoms with Crippen molar-refractivity contribution < 1.29 is 9.50 Å². The van der Waals surface area contributed by atoms with Gasteiger partial charge in [-0.2, -0.15) is 0 Å². The summed E-state index contributed by atoms with van der Waals surface area (Å²) in [4.78, 5) is 4.47. The van der Waals surface area contributed by atoms with Gasteiger partial charge in [-0.3, -0.25) is 4.98 Å². The van der Waals surface area contributed by atoms with E-state index in [1.54, 1.807) is 12.3 Å². The van der Waals surface area contributed by atoms with Crippen LogP contribution in [0.5, 0.6) is 0 Å². The SMILES string of the molecule is O[C@H]1C[C@H]2CC=CC[C@H]2[C@@H]1/C=C/c1ccc(-c2cccc(F)c2)cn1. The van der Waals surface area contributed by atoms with E-state index in [4.69, 9.17) is 0 Å². The minimum absolute atomic E-state index is 0.208. The van der Waals surface area contributed by atoms with Crippen molar-refractivity contribution >= 4 is 6.08 Å². The number of rotatable bonds is 3. The Morgan fingerprint density at radius 1 is 1.08 bits per heavy atom. The first-order valence-corrected chi connectivity index (χ1v) is 8.94. The number of hydrogen-bond donors (Lipinski definition) is 1. The lowest BCUT2D eigenvalue weighted by atomic mass is 9.81. The number of pyridine rings is 1. The van der Waals surface area contributed by atoms with Crippen LogP contribution >= 0.6 is 0 Å². The Labute approximate surface area is 147 Å². The van der Waals surface area contributed by atoms with Gasteiger partial charge in [-0.25, -0.2) is 4.39 Å². The zero-order valence-electron chi connectivity index (χ0n) is 14.1. The van der Waals surface area contributed by atoms with Crippen LogP contribution in [0.2, 0.25) is 0 Å². The second kappa shape index (κ2) is 6.93. The second-order valence-corrected chi connectivity index (χ2v) is 7.09. The first-order valence-electron chi connectivity index (χ1n) is 8.94. The molecule has 1 N–H and O–H groups in total. The third-order valence-electron chi connectivity index (χ3n) is 5.54. The summed E-state index contributed by atoms with van der Waals surface area (Å²) < 4.78 is 13.3. The molecule has 128 valence electrons. The van der Waals surface area contributed by atoms with E-state index in [2.05, 4.69) is 23.2 Å². The molecule has 2 aliphatic rings. The van der Waals surface area contributed by atoms with Crippen LogP contribution in [0.25, 0.3) is 17.2 Å². The fraction of sp³-hybridized carbons (Fsp3) is 0.318. The van der Waals surface area contributed by atoms with Gasteiger partial charge >= 0.3 is 0 Å². The largest absolute Gasteiger partial charge is 0.392 e. The van der Waals surface area contributed by atoms with Gasteiger partial charge in [0.15, 0.2) is 0 Å². The van der Waals surface area contributed by atoms with E-state index in [1.165, 1.54) is 12.1 Å². The van der Waals surface area contributed by atoms with Gasteiger partial charge in [0.2, 0.25) is 0 Å². The molecular formula is C22H22FNO. The molecule has 4 rings (SSSR count). The Kier molecular flexibility index (Phi) is 4.50. The number of aromatic nitrogens is 1. The summed E-state index contributed by atoms with van der Waals surface area (Å²) in [5, 5.41) is 10.4.